The number of nitrogens with zero attached hydrogens (tertiary/aromatic N) is 4. The van der Waals surface area contributed by atoms with Gasteiger partial charge in [0.25, 0.3) is 5.91 Å². The van der Waals surface area contributed by atoms with E-state index in [1.54, 1.807) is 30.3 Å². The molecule has 2 aromatic carbocycles. The Morgan fingerprint density at radius 3 is 2.56 bits per heavy atom. The number of thiazole rings is 1. The van der Waals surface area contributed by atoms with E-state index in [2.05, 4.69) is 20.1 Å². The van der Waals surface area contributed by atoms with E-state index >= 15 is 0 Å². The van der Waals surface area contributed by atoms with E-state index in [9.17, 15) is 18.8 Å². The molecular formula is C24H24FN5O3S. The number of fused-ring (bicyclic) bond motifs is 1. The van der Waals surface area contributed by atoms with Crippen molar-refractivity contribution in [3.05, 3.63) is 53.8 Å². The molecule has 1 aromatic heterocycles. The zero-order valence-corrected chi connectivity index (χ0v) is 19.3. The standard InChI is InChI=1S/C24H24FN5O3S/c25-17-4-5-19-20(15-17)34-24(27-19)29-12-10-28(11-13-29)9-8-26-23(33)16-2-1-3-18(14-16)30-21(31)6-7-22(30)32/h1-5,14-15H,6-13H2,(H,26,33). The number of carbonyl (C=O) groups is 3. The molecule has 3 amide bonds. The van der Waals surface area contributed by atoms with Gasteiger partial charge in [0, 0.05) is 57.7 Å². The summed E-state index contributed by atoms with van der Waals surface area (Å²) in [4.78, 5) is 46.8. The maximum Gasteiger partial charge on any atom is 0.251 e. The highest BCUT2D eigenvalue weighted by Crippen LogP contribution is 2.30. The van der Waals surface area contributed by atoms with Crippen molar-refractivity contribution in [2.24, 2.45) is 0 Å². The van der Waals surface area contributed by atoms with Crippen LogP contribution in [0.3, 0.4) is 0 Å². The molecule has 2 saturated heterocycles. The van der Waals surface area contributed by atoms with E-state index in [1.807, 2.05) is 0 Å². The van der Waals surface area contributed by atoms with Gasteiger partial charge < -0.3 is 10.2 Å². The maximum atomic E-state index is 13.4. The van der Waals surface area contributed by atoms with Crippen molar-refractivity contribution in [2.75, 3.05) is 49.1 Å². The van der Waals surface area contributed by atoms with Gasteiger partial charge in [-0.2, -0.15) is 0 Å². The fourth-order valence-electron chi connectivity index (χ4n) is 4.26. The van der Waals surface area contributed by atoms with Gasteiger partial charge >= 0.3 is 0 Å². The molecule has 0 unspecified atom stereocenters. The van der Waals surface area contributed by atoms with Crippen molar-refractivity contribution in [1.29, 1.82) is 0 Å². The summed E-state index contributed by atoms with van der Waals surface area (Å²) >= 11 is 1.50. The molecule has 0 spiro atoms. The summed E-state index contributed by atoms with van der Waals surface area (Å²) in [6.45, 7) is 4.52. The van der Waals surface area contributed by atoms with Crippen LogP contribution >= 0.6 is 11.3 Å². The van der Waals surface area contributed by atoms with Crippen LogP contribution in [0.1, 0.15) is 23.2 Å². The smallest absolute Gasteiger partial charge is 0.251 e. The summed E-state index contributed by atoms with van der Waals surface area (Å²) in [5, 5.41) is 3.83. The Hall–Kier alpha value is -3.37. The van der Waals surface area contributed by atoms with Gasteiger partial charge in [-0.25, -0.2) is 9.37 Å². The van der Waals surface area contributed by atoms with Crippen LogP contribution in [0, 0.1) is 5.82 Å². The minimum atomic E-state index is -0.251. The highest BCUT2D eigenvalue weighted by atomic mass is 32.1. The topological polar surface area (TPSA) is 85.8 Å². The minimum absolute atomic E-state index is 0.208. The van der Waals surface area contributed by atoms with Crippen LogP contribution in [0.15, 0.2) is 42.5 Å². The molecule has 8 nitrogen and oxygen atoms in total. The highest BCUT2D eigenvalue weighted by Gasteiger charge is 2.30. The van der Waals surface area contributed by atoms with Gasteiger partial charge in [-0.1, -0.05) is 17.4 Å². The molecule has 2 fully saturated rings. The lowest BCUT2D eigenvalue weighted by Crippen LogP contribution is -2.48. The molecule has 1 N–H and O–H groups in total. The SMILES string of the molecule is O=C(NCCN1CCN(c2nc3ccc(F)cc3s2)CC1)c1cccc(N2C(=O)CCC2=O)c1. The molecule has 3 heterocycles. The molecule has 10 heteroatoms. The predicted octanol–water partition coefficient (Wildman–Crippen LogP) is 2.64. The minimum Gasteiger partial charge on any atom is -0.351 e. The zero-order chi connectivity index (χ0) is 23.7. The van der Waals surface area contributed by atoms with Crippen LogP contribution in [0.2, 0.25) is 0 Å². The number of imide groups is 1. The Morgan fingerprint density at radius 1 is 1.03 bits per heavy atom. The summed E-state index contributed by atoms with van der Waals surface area (Å²) in [6.07, 6.45) is 0.417. The van der Waals surface area contributed by atoms with E-state index in [1.165, 1.54) is 23.5 Å². The normalized spacial score (nSPS) is 17.1. The number of aromatic nitrogens is 1. The van der Waals surface area contributed by atoms with Crippen molar-refractivity contribution >= 4 is 50.1 Å². The zero-order valence-electron chi connectivity index (χ0n) is 18.5. The second-order valence-corrected chi connectivity index (χ2v) is 9.38. The number of hydrogen-bond acceptors (Lipinski definition) is 7. The molecular weight excluding hydrogens is 457 g/mol. The Kier molecular flexibility index (Phi) is 6.25. The largest absolute Gasteiger partial charge is 0.351 e. The first-order valence-corrected chi connectivity index (χ1v) is 12.1. The number of piperazine rings is 1. The van der Waals surface area contributed by atoms with Crippen LogP contribution < -0.4 is 15.1 Å². The van der Waals surface area contributed by atoms with Gasteiger partial charge in [0.05, 0.1) is 15.9 Å². The van der Waals surface area contributed by atoms with Crippen LogP contribution in [-0.4, -0.2) is 66.9 Å². The van der Waals surface area contributed by atoms with Gasteiger partial charge in [-0.15, -0.1) is 0 Å². The van der Waals surface area contributed by atoms with Crippen LogP contribution in [0.5, 0.6) is 0 Å². The van der Waals surface area contributed by atoms with Crippen LogP contribution in [0.4, 0.5) is 15.2 Å². The van der Waals surface area contributed by atoms with Crippen LogP contribution in [0.25, 0.3) is 10.2 Å². The Labute approximate surface area is 200 Å². The highest BCUT2D eigenvalue weighted by molar-refractivity contribution is 7.22. The summed E-state index contributed by atoms with van der Waals surface area (Å²) in [5.41, 5.74) is 1.67. The molecule has 2 aliphatic rings. The molecule has 3 aromatic rings. The van der Waals surface area contributed by atoms with E-state index in [4.69, 9.17) is 0 Å². The Balaban J connectivity index is 1.11. The van der Waals surface area contributed by atoms with Gasteiger partial charge in [-0.3, -0.25) is 24.2 Å². The number of anilines is 2. The van der Waals surface area contributed by atoms with Crippen molar-refractivity contribution in [3.63, 3.8) is 0 Å². The van der Waals surface area contributed by atoms with Gasteiger partial charge in [0.15, 0.2) is 5.13 Å². The molecule has 0 atom stereocenters. The Bertz CT molecular complexity index is 1240. The quantitative estimate of drug-likeness (QED) is 0.545. The fraction of sp³-hybridized carbons (Fsp3) is 0.333. The molecule has 0 radical (unpaired) electrons. The number of benzene rings is 2. The van der Waals surface area contributed by atoms with E-state index in [0.717, 1.165) is 46.4 Å². The monoisotopic (exact) mass is 481 g/mol. The van der Waals surface area contributed by atoms with E-state index in [-0.39, 0.29) is 36.4 Å². The average molecular weight is 482 g/mol. The predicted molar refractivity (Wildman–Crippen MR) is 129 cm³/mol. The first kappa shape index (κ1) is 22.4. The first-order chi connectivity index (χ1) is 16.5. The number of halogens is 1. The molecule has 0 bridgehead atoms. The van der Waals surface area contributed by atoms with Crippen LogP contribution in [-0.2, 0) is 9.59 Å². The van der Waals surface area contributed by atoms with E-state index < -0.39 is 0 Å². The fourth-order valence-corrected chi connectivity index (χ4v) is 5.31. The summed E-state index contributed by atoms with van der Waals surface area (Å²) < 4.78 is 14.3. The molecule has 34 heavy (non-hydrogen) atoms. The lowest BCUT2D eigenvalue weighted by atomic mass is 10.1. The summed E-state index contributed by atoms with van der Waals surface area (Å²) in [5.74, 6) is -0.958. The number of rotatable bonds is 6. The van der Waals surface area contributed by atoms with Gasteiger partial charge in [0.2, 0.25) is 11.8 Å². The molecule has 176 valence electrons. The van der Waals surface area contributed by atoms with E-state index in [0.29, 0.717) is 24.3 Å². The van der Waals surface area contributed by atoms with Crippen molar-refractivity contribution in [2.45, 2.75) is 12.8 Å². The lowest BCUT2D eigenvalue weighted by molar-refractivity contribution is -0.121. The van der Waals surface area contributed by atoms with Gasteiger partial charge in [-0.05, 0) is 36.4 Å². The summed E-state index contributed by atoms with van der Waals surface area (Å²) in [7, 11) is 0. The maximum absolute atomic E-state index is 13.4. The number of carbonyl (C=O) groups excluding carboxylic acids is 3. The molecule has 2 aliphatic heterocycles. The van der Waals surface area contributed by atoms with Gasteiger partial charge in [0.1, 0.15) is 5.82 Å². The number of hydrogen-bond donors (Lipinski definition) is 1. The average Bonchev–Trinajstić information content (AvgIpc) is 3.41. The van der Waals surface area contributed by atoms with Crippen molar-refractivity contribution in [1.82, 2.24) is 15.2 Å². The molecule has 0 aliphatic carbocycles. The number of nitrogens with one attached hydrogen (secondary N) is 1. The third-order valence-electron chi connectivity index (χ3n) is 6.11. The first-order valence-electron chi connectivity index (χ1n) is 11.3. The molecule has 5 rings (SSSR count). The molecule has 0 saturated carbocycles. The number of amides is 3. The summed E-state index contributed by atoms with van der Waals surface area (Å²) in [6, 6.07) is 11.3. The second-order valence-electron chi connectivity index (χ2n) is 8.37. The second kappa shape index (κ2) is 9.47. The lowest BCUT2D eigenvalue weighted by Gasteiger charge is -2.34. The third-order valence-corrected chi connectivity index (χ3v) is 7.19. The Morgan fingerprint density at radius 2 is 1.79 bits per heavy atom. The van der Waals surface area contributed by atoms with Crippen molar-refractivity contribution in [3.8, 4) is 0 Å². The third kappa shape index (κ3) is 4.64. The van der Waals surface area contributed by atoms with Crippen molar-refractivity contribution < 1.29 is 18.8 Å².